The maximum Gasteiger partial charge on any atom is 0.331 e. The standard InChI is InChI=1S/C22H44O4Si2/c1-17(2)19(27(5,6)7)13-15-25-21(23)11-12-22(24)26-16-14-20(18(3)4)28(8,9)10/h11-12,17-20H,13-16H2,1-10H3/b12-11+. The van der Waals surface area contributed by atoms with Gasteiger partial charge in [0.1, 0.15) is 0 Å². The predicted molar refractivity (Wildman–Crippen MR) is 124 cm³/mol. The van der Waals surface area contributed by atoms with Crippen LogP contribution in [0.15, 0.2) is 12.2 Å². The Labute approximate surface area is 175 Å². The molecule has 0 aromatic rings. The van der Waals surface area contributed by atoms with Gasteiger partial charge >= 0.3 is 11.9 Å². The molecule has 0 N–H and O–H groups in total. The largest absolute Gasteiger partial charge is 0.463 e. The summed E-state index contributed by atoms with van der Waals surface area (Å²) in [7, 11) is -2.57. The first-order valence-corrected chi connectivity index (χ1v) is 17.8. The van der Waals surface area contributed by atoms with Crippen LogP contribution in [-0.4, -0.2) is 41.3 Å². The van der Waals surface area contributed by atoms with E-state index in [1.807, 2.05) is 0 Å². The van der Waals surface area contributed by atoms with Crippen molar-refractivity contribution in [2.24, 2.45) is 11.8 Å². The van der Waals surface area contributed by atoms with E-state index in [4.69, 9.17) is 9.47 Å². The molecule has 28 heavy (non-hydrogen) atoms. The first-order chi connectivity index (χ1) is 12.7. The Hall–Kier alpha value is -0.886. The summed E-state index contributed by atoms with van der Waals surface area (Å²) in [6.45, 7) is 23.8. The van der Waals surface area contributed by atoms with E-state index in [1.54, 1.807) is 0 Å². The van der Waals surface area contributed by atoms with Crippen molar-refractivity contribution in [1.29, 1.82) is 0 Å². The SMILES string of the molecule is CC(C)C(CCOC(=O)/C=C/C(=O)OCCC(C(C)C)[Si](C)(C)C)[Si](C)(C)C. The van der Waals surface area contributed by atoms with Crippen molar-refractivity contribution in [2.75, 3.05) is 13.2 Å². The smallest absolute Gasteiger partial charge is 0.331 e. The third-order valence-electron chi connectivity index (χ3n) is 5.54. The zero-order valence-electron chi connectivity index (χ0n) is 19.9. The maximum atomic E-state index is 11.9. The van der Waals surface area contributed by atoms with Crippen LogP contribution in [0, 0.1) is 11.8 Å². The fraction of sp³-hybridized carbons (Fsp3) is 0.818. The number of hydrogen-bond donors (Lipinski definition) is 0. The summed E-state index contributed by atoms with van der Waals surface area (Å²) in [5, 5.41) is 0. The zero-order valence-corrected chi connectivity index (χ0v) is 21.9. The van der Waals surface area contributed by atoms with Gasteiger partial charge in [-0.3, -0.25) is 0 Å². The van der Waals surface area contributed by atoms with Crippen molar-refractivity contribution in [2.45, 2.75) is 90.9 Å². The molecule has 0 rings (SSSR count). The Morgan fingerprint density at radius 2 is 0.964 bits per heavy atom. The molecule has 0 radical (unpaired) electrons. The average molecular weight is 429 g/mol. The van der Waals surface area contributed by atoms with E-state index in [0.29, 0.717) is 36.1 Å². The van der Waals surface area contributed by atoms with Crippen molar-refractivity contribution >= 4 is 28.1 Å². The van der Waals surface area contributed by atoms with Gasteiger partial charge in [0.25, 0.3) is 0 Å². The molecule has 0 aromatic heterocycles. The summed E-state index contributed by atoms with van der Waals surface area (Å²) in [6.07, 6.45) is 4.12. The Balaban J connectivity index is 4.32. The Morgan fingerprint density at radius 3 is 1.18 bits per heavy atom. The number of rotatable bonds is 12. The molecule has 0 saturated heterocycles. The lowest BCUT2D eigenvalue weighted by Gasteiger charge is -2.32. The van der Waals surface area contributed by atoms with E-state index in [2.05, 4.69) is 67.0 Å². The molecular weight excluding hydrogens is 384 g/mol. The summed E-state index contributed by atoms with van der Waals surface area (Å²) in [5.74, 6) is 0.220. The van der Waals surface area contributed by atoms with Gasteiger partial charge in [-0.05, 0) is 35.8 Å². The normalized spacial score (nSPS) is 15.1. The van der Waals surface area contributed by atoms with Crippen LogP contribution in [0.5, 0.6) is 0 Å². The van der Waals surface area contributed by atoms with E-state index in [0.717, 1.165) is 12.8 Å². The molecular formula is C22H44O4Si2. The molecule has 2 unspecified atom stereocenters. The van der Waals surface area contributed by atoms with Crippen LogP contribution >= 0.6 is 0 Å². The third-order valence-corrected chi connectivity index (χ3v) is 11.9. The van der Waals surface area contributed by atoms with Gasteiger partial charge in [0.2, 0.25) is 0 Å². The number of esters is 2. The minimum Gasteiger partial charge on any atom is -0.463 e. The van der Waals surface area contributed by atoms with Gasteiger partial charge in [-0.1, -0.05) is 67.0 Å². The zero-order chi connectivity index (χ0) is 22.1. The molecule has 0 heterocycles. The van der Waals surface area contributed by atoms with Gasteiger partial charge in [0.05, 0.1) is 13.2 Å². The summed E-state index contributed by atoms with van der Waals surface area (Å²) >= 11 is 0. The second-order valence-electron chi connectivity index (χ2n) is 10.7. The summed E-state index contributed by atoms with van der Waals surface area (Å²) in [6, 6.07) is 0. The minimum absolute atomic E-state index is 0.400. The monoisotopic (exact) mass is 428 g/mol. The van der Waals surface area contributed by atoms with Crippen molar-refractivity contribution in [3.63, 3.8) is 0 Å². The molecule has 0 aliphatic heterocycles. The molecule has 0 saturated carbocycles. The van der Waals surface area contributed by atoms with Crippen LogP contribution in [0.4, 0.5) is 0 Å². The maximum absolute atomic E-state index is 11.9. The van der Waals surface area contributed by atoms with Crippen molar-refractivity contribution in [3.05, 3.63) is 12.2 Å². The first kappa shape index (κ1) is 27.1. The lowest BCUT2D eigenvalue weighted by atomic mass is 10.1. The third kappa shape index (κ3) is 11.2. The summed E-state index contributed by atoms with van der Waals surface area (Å²) < 4.78 is 10.6. The highest BCUT2D eigenvalue weighted by Gasteiger charge is 2.30. The van der Waals surface area contributed by atoms with Gasteiger partial charge < -0.3 is 9.47 Å². The lowest BCUT2D eigenvalue weighted by Crippen LogP contribution is -2.32. The van der Waals surface area contributed by atoms with Gasteiger partial charge in [-0.25, -0.2) is 9.59 Å². The predicted octanol–water partition coefficient (Wildman–Crippen LogP) is 6.14. The van der Waals surface area contributed by atoms with E-state index < -0.39 is 28.1 Å². The minimum atomic E-state index is -1.28. The molecule has 6 heteroatoms. The second kappa shape index (κ2) is 12.0. The Morgan fingerprint density at radius 1 is 0.679 bits per heavy atom. The van der Waals surface area contributed by atoms with Gasteiger partial charge in [0.15, 0.2) is 0 Å². The highest BCUT2D eigenvalue weighted by atomic mass is 28.3. The highest BCUT2D eigenvalue weighted by Crippen LogP contribution is 2.33. The Bertz CT molecular complexity index is 468. The fourth-order valence-electron chi connectivity index (χ4n) is 4.34. The van der Waals surface area contributed by atoms with Gasteiger partial charge in [-0.2, -0.15) is 0 Å². The second-order valence-corrected chi connectivity index (χ2v) is 21.6. The van der Waals surface area contributed by atoms with E-state index >= 15 is 0 Å². The quantitative estimate of drug-likeness (QED) is 0.213. The van der Waals surface area contributed by atoms with Crippen molar-refractivity contribution in [3.8, 4) is 0 Å². The molecule has 2 atom stereocenters. The van der Waals surface area contributed by atoms with Crippen LogP contribution in [0.3, 0.4) is 0 Å². The van der Waals surface area contributed by atoms with Crippen LogP contribution in [-0.2, 0) is 19.1 Å². The highest BCUT2D eigenvalue weighted by molar-refractivity contribution is 6.78. The topological polar surface area (TPSA) is 52.6 Å². The van der Waals surface area contributed by atoms with E-state index in [1.165, 1.54) is 12.2 Å². The molecule has 4 nitrogen and oxygen atoms in total. The molecule has 0 bridgehead atoms. The molecule has 0 spiro atoms. The van der Waals surface area contributed by atoms with Crippen molar-refractivity contribution in [1.82, 2.24) is 0 Å². The molecule has 0 amide bonds. The number of carbonyl (C=O) groups excluding carboxylic acids is 2. The van der Waals surface area contributed by atoms with Crippen molar-refractivity contribution < 1.29 is 19.1 Å². The Kier molecular flexibility index (Phi) is 11.6. The molecule has 0 aliphatic carbocycles. The van der Waals surface area contributed by atoms with Crippen LogP contribution < -0.4 is 0 Å². The molecule has 0 aliphatic rings. The average Bonchev–Trinajstić information content (AvgIpc) is 2.50. The molecule has 0 aromatic carbocycles. The number of ether oxygens (including phenoxy) is 2. The van der Waals surface area contributed by atoms with E-state index in [-0.39, 0.29) is 0 Å². The van der Waals surface area contributed by atoms with Gasteiger partial charge in [0, 0.05) is 28.3 Å². The summed E-state index contributed by atoms with van der Waals surface area (Å²) in [5.41, 5.74) is 1.21. The number of carbonyl (C=O) groups is 2. The molecule has 164 valence electrons. The van der Waals surface area contributed by atoms with Crippen LogP contribution in [0.25, 0.3) is 0 Å². The number of hydrogen-bond acceptors (Lipinski definition) is 4. The lowest BCUT2D eigenvalue weighted by molar-refractivity contribution is -0.140. The van der Waals surface area contributed by atoms with Gasteiger partial charge in [-0.15, -0.1) is 0 Å². The molecule has 0 fully saturated rings. The summed E-state index contributed by atoms with van der Waals surface area (Å²) in [4.78, 5) is 23.7. The van der Waals surface area contributed by atoms with Crippen LogP contribution in [0.2, 0.25) is 50.4 Å². The fourth-order valence-corrected chi connectivity index (χ4v) is 10.3. The van der Waals surface area contributed by atoms with E-state index in [9.17, 15) is 9.59 Å². The van der Waals surface area contributed by atoms with Crippen LogP contribution in [0.1, 0.15) is 40.5 Å². The first-order valence-electron chi connectivity index (χ1n) is 10.7.